The van der Waals surface area contributed by atoms with E-state index < -0.39 is 0 Å². The van der Waals surface area contributed by atoms with Crippen molar-refractivity contribution in [3.05, 3.63) is 0 Å². The van der Waals surface area contributed by atoms with E-state index in [1.54, 1.807) is 11.8 Å². The van der Waals surface area contributed by atoms with Gasteiger partial charge in [0.2, 0.25) is 0 Å². The largest absolute Gasteiger partial charge is 0.394 e. The van der Waals surface area contributed by atoms with Crippen molar-refractivity contribution < 1.29 is 9.84 Å². The first-order valence-corrected chi connectivity index (χ1v) is 5.01. The van der Waals surface area contributed by atoms with E-state index in [0.29, 0.717) is 6.10 Å². The molecule has 0 aromatic heterocycles. The van der Waals surface area contributed by atoms with Crippen molar-refractivity contribution in [2.75, 3.05) is 18.6 Å². The molecule has 60 valence electrons. The summed E-state index contributed by atoms with van der Waals surface area (Å²) < 4.78 is 5.48. The van der Waals surface area contributed by atoms with Crippen LogP contribution in [0.1, 0.15) is 12.8 Å². The molecule has 1 heterocycles. The minimum absolute atomic E-state index is 0.122. The molecule has 0 radical (unpaired) electrons. The topological polar surface area (TPSA) is 29.5 Å². The van der Waals surface area contributed by atoms with Crippen molar-refractivity contribution in [1.29, 1.82) is 0 Å². The minimum atomic E-state index is 0.122. The molecule has 0 aliphatic carbocycles. The molecule has 1 aliphatic heterocycles. The Balaban J connectivity index is 2.15. The van der Waals surface area contributed by atoms with Gasteiger partial charge in [-0.2, -0.15) is 11.8 Å². The van der Waals surface area contributed by atoms with E-state index in [1.807, 2.05) is 0 Å². The van der Waals surface area contributed by atoms with Gasteiger partial charge in [-0.3, -0.25) is 0 Å². The fraction of sp³-hybridized carbons (Fsp3) is 1.00. The standard InChI is InChI=1S/C7H14O2S/c1-10-5-7-3-2-6(4-8)9-7/h6-8H,2-5H2,1H3. The second-order valence-corrected chi connectivity index (χ2v) is 3.51. The fourth-order valence-corrected chi connectivity index (χ4v) is 1.84. The Kier molecular flexibility index (Phi) is 3.52. The van der Waals surface area contributed by atoms with E-state index in [9.17, 15) is 0 Å². The summed E-state index contributed by atoms with van der Waals surface area (Å²) in [5, 5.41) is 8.72. The van der Waals surface area contributed by atoms with Crippen LogP contribution in [0.25, 0.3) is 0 Å². The maximum Gasteiger partial charge on any atom is 0.0810 e. The molecular formula is C7H14O2S. The zero-order valence-corrected chi connectivity index (χ0v) is 7.06. The summed E-state index contributed by atoms with van der Waals surface area (Å²) in [4.78, 5) is 0. The molecule has 0 aromatic carbocycles. The lowest BCUT2D eigenvalue weighted by Gasteiger charge is -2.09. The molecule has 0 saturated carbocycles. The molecule has 2 unspecified atom stereocenters. The van der Waals surface area contributed by atoms with Crippen LogP contribution < -0.4 is 0 Å². The summed E-state index contributed by atoms with van der Waals surface area (Å²) in [5.74, 6) is 1.07. The average molecular weight is 162 g/mol. The van der Waals surface area contributed by atoms with Gasteiger partial charge < -0.3 is 9.84 Å². The van der Waals surface area contributed by atoms with Gasteiger partial charge >= 0.3 is 0 Å². The number of thioether (sulfide) groups is 1. The molecule has 1 fully saturated rings. The molecule has 2 atom stereocenters. The Hall–Kier alpha value is 0.270. The van der Waals surface area contributed by atoms with Crippen LogP contribution >= 0.6 is 11.8 Å². The van der Waals surface area contributed by atoms with Crippen molar-refractivity contribution in [2.45, 2.75) is 25.0 Å². The van der Waals surface area contributed by atoms with Crippen molar-refractivity contribution in [2.24, 2.45) is 0 Å². The molecule has 0 bridgehead atoms. The van der Waals surface area contributed by atoms with Crippen LogP contribution in [0.3, 0.4) is 0 Å². The lowest BCUT2D eigenvalue weighted by Crippen LogP contribution is -2.15. The molecule has 1 rings (SSSR count). The third-order valence-corrected chi connectivity index (χ3v) is 2.46. The van der Waals surface area contributed by atoms with Crippen LogP contribution in [0, 0.1) is 0 Å². The Morgan fingerprint density at radius 1 is 1.50 bits per heavy atom. The van der Waals surface area contributed by atoms with E-state index in [2.05, 4.69) is 6.26 Å². The number of rotatable bonds is 3. The quantitative estimate of drug-likeness (QED) is 0.668. The predicted molar refractivity (Wildman–Crippen MR) is 43.4 cm³/mol. The highest BCUT2D eigenvalue weighted by Gasteiger charge is 2.23. The molecule has 10 heavy (non-hydrogen) atoms. The van der Waals surface area contributed by atoms with Gasteiger partial charge in [0.15, 0.2) is 0 Å². The monoisotopic (exact) mass is 162 g/mol. The first kappa shape index (κ1) is 8.37. The van der Waals surface area contributed by atoms with E-state index in [4.69, 9.17) is 9.84 Å². The number of aliphatic hydroxyl groups is 1. The maximum atomic E-state index is 8.72. The lowest BCUT2D eigenvalue weighted by molar-refractivity contribution is 0.0218. The summed E-state index contributed by atoms with van der Waals surface area (Å²) in [6, 6.07) is 0. The van der Waals surface area contributed by atoms with Crippen molar-refractivity contribution in [3.8, 4) is 0 Å². The first-order valence-electron chi connectivity index (χ1n) is 3.62. The van der Waals surface area contributed by atoms with Crippen LogP contribution in [-0.4, -0.2) is 35.9 Å². The van der Waals surface area contributed by atoms with Crippen LogP contribution in [0.4, 0.5) is 0 Å². The molecule has 0 amide bonds. The summed E-state index contributed by atoms with van der Waals surface area (Å²) in [6.45, 7) is 0.185. The molecule has 1 N–H and O–H groups in total. The third-order valence-electron chi connectivity index (χ3n) is 1.75. The maximum absolute atomic E-state index is 8.72. The second kappa shape index (κ2) is 4.21. The van der Waals surface area contributed by atoms with Gasteiger partial charge in [0.1, 0.15) is 0 Å². The summed E-state index contributed by atoms with van der Waals surface area (Å²) >= 11 is 1.80. The van der Waals surface area contributed by atoms with Crippen LogP contribution in [-0.2, 0) is 4.74 Å². The van der Waals surface area contributed by atoms with E-state index in [1.165, 1.54) is 0 Å². The van der Waals surface area contributed by atoms with Crippen molar-refractivity contribution in [1.82, 2.24) is 0 Å². The molecule has 3 heteroatoms. The highest BCUT2D eigenvalue weighted by Crippen LogP contribution is 2.21. The number of hydrogen-bond donors (Lipinski definition) is 1. The van der Waals surface area contributed by atoms with E-state index >= 15 is 0 Å². The highest BCUT2D eigenvalue weighted by molar-refractivity contribution is 7.98. The zero-order chi connectivity index (χ0) is 7.40. The molecule has 1 aliphatic rings. The fourth-order valence-electron chi connectivity index (χ4n) is 1.22. The highest BCUT2D eigenvalue weighted by atomic mass is 32.2. The van der Waals surface area contributed by atoms with E-state index in [0.717, 1.165) is 18.6 Å². The van der Waals surface area contributed by atoms with E-state index in [-0.39, 0.29) is 12.7 Å². The molecule has 2 nitrogen and oxygen atoms in total. The van der Waals surface area contributed by atoms with Crippen LogP contribution in [0.5, 0.6) is 0 Å². The average Bonchev–Trinajstić information content (AvgIpc) is 2.37. The van der Waals surface area contributed by atoms with Gasteiger partial charge in [-0.1, -0.05) is 0 Å². The summed E-state index contributed by atoms with van der Waals surface area (Å²) in [6.07, 6.45) is 4.74. The molecular weight excluding hydrogens is 148 g/mol. The van der Waals surface area contributed by atoms with Gasteiger partial charge in [-0.15, -0.1) is 0 Å². The predicted octanol–water partition coefficient (Wildman–Crippen LogP) is 0.889. The van der Waals surface area contributed by atoms with Crippen LogP contribution in [0.15, 0.2) is 0 Å². The van der Waals surface area contributed by atoms with Gasteiger partial charge in [0, 0.05) is 5.75 Å². The minimum Gasteiger partial charge on any atom is -0.394 e. The van der Waals surface area contributed by atoms with Gasteiger partial charge in [0.05, 0.1) is 18.8 Å². The molecule has 0 spiro atoms. The van der Waals surface area contributed by atoms with Gasteiger partial charge in [-0.05, 0) is 19.1 Å². The lowest BCUT2D eigenvalue weighted by atomic mass is 10.2. The Morgan fingerprint density at radius 3 is 2.70 bits per heavy atom. The normalized spacial score (nSPS) is 33.0. The summed E-state index contributed by atoms with van der Waals surface area (Å²) in [5.41, 5.74) is 0. The summed E-state index contributed by atoms with van der Waals surface area (Å²) in [7, 11) is 0. The number of aliphatic hydroxyl groups excluding tert-OH is 1. The second-order valence-electron chi connectivity index (χ2n) is 2.60. The Bertz CT molecular complexity index is 97.6. The van der Waals surface area contributed by atoms with Gasteiger partial charge in [0.25, 0.3) is 0 Å². The van der Waals surface area contributed by atoms with Crippen LogP contribution in [0.2, 0.25) is 0 Å². The number of ether oxygens (including phenoxy) is 1. The SMILES string of the molecule is CSCC1CCC(CO)O1. The Labute approximate surface area is 66.0 Å². The smallest absolute Gasteiger partial charge is 0.0810 e. The zero-order valence-electron chi connectivity index (χ0n) is 6.25. The van der Waals surface area contributed by atoms with Crippen molar-refractivity contribution in [3.63, 3.8) is 0 Å². The first-order chi connectivity index (χ1) is 4.86. The third kappa shape index (κ3) is 2.15. The molecule has 0 aromatic rings. The number of hydrogen-bond acceptors (Lipinski definition) is 3. The molecule has 1 saturated heterocycles. The van der Waals surface area contributed by atoms with Crippen molar-refractivity contribution >= 4 is 11.8 Å². The van der Waals surface area contributed by atoms with Gasteiger partial charge in [-0.25, -0.2) is 0 Å². The Morgan fingerprint density at radius 2 is 2.20 bits per heavy atom.